The number of benzene rings is 1. The van der Waals surface area contributed by atoms with Gasteiger partial charge in [0.2, 0.25) is 10.0 Å². The average molecular weight is 296 g/mol. The van der Waals surface area contributed by atoms with E-state index in [0.717, 1.165) is 36.8 Å². The van der Waals surface area contributed by atoms with Crippen LogP contribution in [0.4, 0.5) is 0 Å². The summed E-state index contributed by atoms with van der Waals surface area (Å²) in [6.07, 6.45) is 5.17. The van der Waals surface area contributed by atoms with Gasteiger partial charge in [0, 0.05) is 12.1 Å². The van der Waals surface area contributed by atoms with Gasteiger partial charge in [-0.05, 0) is 49.9 Å². The first-order valence-electron chi connectivity index (χ1n) is 7.20. The Labute approximate surface area is 121 Å². The highest BCUT2D eigenvalue weighted by atomic mass is 32.2. The van der Waals surface area contributed by atoms with Crippen molar-refractivity contribution in [1.82, 2.24) is 4.72 Å². The maximum atomic E-state index is 12.5. The molecule has 0 radical (unpaired) electrons. The molecule has 0 aromatic heterocycles. The largest absolute Gasteiger partial charge is 0.326 e. The van der Waals surface area contributed by atoms with Gasteiger partial charge in [0.1, 0.15) is 0 Å². The maximum Gasteiger partial charge on any atom is 0.241 e. The lowest BCUT2D eigenvalue weighted by molar-refractivity contribution is 0.294. The van der Waals surface area contributed by atoms with Crippen molar-refractivity contribution in [3.8, 4) is 0 Å². The number of aryl methyl sites for hydroxylation is 1. The molecule has 0 atom stereocenters. The first kappa shape index (κ1) is 15.5. The van der Waals surface area contributed by atoms with Crippen molar-refractivity contribution in [2.45, 2.75) is 62.9 Å². The van der Waals surface area contributed by atoms with Gasteiger partial charge in [-0.1, -0.05) is 25.3 Å². The molecule has 1 aromatic rings. The summed E-state index contributed by atoms with van der Waals surface area (Å²) in [6, 6.07) is 5.16. The molecule has 1 saturated carbocycles. The van der Waals surface area contributed by atoms with Gasteiger partial charge in [-0.15, -0.1) is 0 Å². The Balaban J connectivity index is 2.26. The maximum absolute atomic E-state index is 12.5. The Morgan fingerprint density at radius 3 is 2.50 bits per heavy atom. The zero-order valence-electron chi connectivity index (χ0n) is 12.3. The van der Waals surface area contributed by atoms with Crippen molar-refractivity contribution < 1.29 is 8.42 Å². The highest BCUT2D eigenvalue weighted by Gasteiger charge is 2.32. The molecule has 0 unspecified atom stereocenters. The van der Waals surface area contributed by atoms with Crippen LogP contribution in [0.2, 0.25) is 0 Å². The number of nitrogens with two attached hydrogens (primary N) is 1. The lowest BCUT2D eigenvalue weighted by Crippen LogP contribution is -2.47. The minimum absolute atomic E-state index is 0.315. The molecular formula is C15H24N2O2S. The van der Waals surface area contributed by atoms with Crippen molar-refractivity contribution in [1.29, 1.82) is 0 Å². The van der Waals surface area contributed by atoms with Crippen LogP contribution in [0.5, 0.6) is 0 Å². The average Bonchev–Trinajstić information content (AvgIpc) is 2.38. The standard InChI is InChI=1S/C15H24N2O2S/c1-12-6-7-14(10-13(12)11-16)20(18,19)17-15(2)8-4-3-5-9-15/h6-7,10,17H,3-5,8-9,11,16H2,1-2H3. The van der Waals surface area contributed by atoms with Gasteiger partial charge in [0.15, 0.2) is 0 Å². The molecule has 4 nitrogen and oxygen atoms in total. The number of sulfonamides is 1. The Kier molecular flexibility index (Phi) is 4.52. The van der Waals surface area contributed by atoms with Crippen molar-refractivity contribution >= 4 is 10.0 Å². The molecule has 0 bridgehead atoms. The van der Waals surface area contributed by atoms with E-state index in [0.29, 0.717) is 11.4 Å². The van der Waals surface area contributed by atoms with Crippen molar-refractivity contribution in [3.63, 3.8) is 0 Å². The van der Waals surface area contributed by atoms with Gasteiger partial charge in [-0.25, -0.2) is 13.1 Å². The van der Waals surface area contributed by atoms with Gasteiger partial charge >= 0.3 is 0 Å². The second kappa shape index (κ2) is 5.84. The lowest BCUT2D eigenvalue weighted by Gasteiger charge is -2.34. The number of hydrogen-bond acceptors (Lipinski definition) is 3. The minimum atomic E-state index is -3.47. The summed E-state index contributed by atoms with van der Waals surface area (Å²) in [5, 5.41) is 0. The Morgan fingerprint density at radius 2 is 1.90 bits per heavy atom. The molecule has 0 aliphatic heterocycles. The van der Waals surface area contributed by atoms with E-state index >= 15 is 0 Å². The second-order valence-corrected chi connectivity index (χ2v) is 7.70. The van der Waals surface area contributed by atoms with Gasteiger partial charge in [-0.3, -0.25) is 0 Å². The molecule has 1 aromatic carbocycles. The molecule has 0 amide bonds. The Morgan fingerprint density at radius 1 is 1.25 bits per heavy atom. The highest BCUT2D eigenvalue weighted by molar-refractivity contribution is 7.89. The van der Waals surface area contributed by atoms with Crippen LogP contribution >= 0.6 is 0 Å². The van der Waals surface area contributed by atoms with E-state index < -0.39 is 10.0 Å². The van der Waals surface area contributed by atoms with Crippen LogP contribution in [-0.4, -0.2) is 14.0 Å². The van der Waals surface area contributed by atoms with Crippen LogP contribution in [0.1, 0.15) is 50.2 Å². The minimum Gasteiger partial charge on any atom is -0.326 e. The van der Waals surface area contributed by atoms with Crippen LogP contribution in [0.3, 0.4) is 0 Å². The molecule has 112 valence electrons. The molecule has 1 aliphatic rings. The fourth-order valence-corrected chi connectivity index (χ4v) is 4.37. The number of rotatable bonds is 4. The molecule has 0 spiro atoms. The summed E-state index contributed by atoms with van der Waals surface area (Å²) < 4.78 is 28.0. The van der Waals surface area contributed by atoms with Crippen molar-refractivity contribution in [2.75, 3.05) is 0 Å². The van der Waals surface area contributed by atoms with E-state index in [1.165, 1.54) is 6.42 Å². The zero-order valence-corrected chi connectivity index (χ0v) is 13.1. The normalized spacial score (nSPS) is 18.9. The third-order valence-corrected chi connectivity index (χ3v) is 5.82. The third kappa shape index (κ3) is 3.40. The van der Waals surface area contributed by atoms with E-state index in [1.54, 1.807) is 12.1 Å². The molecule has 0 saturated heterocycles. The van der Waals surface area contributed by atoms with Crippen LogP contribution in [0, 0.1) is 6.92 Å². The number of hydrogen-bond donors (Lipinski definition) is 2. The molecule has 3 N–H and O–H groups in total. The van der Waals surface area contributed by atoms with E-state index in [2.05, 4.69) is 4.72 Å². The monoisotopic (exact) mass is 296 g/mol. The summed E-state index contributed by atoms with van der Waals surface area (Å²) >= 11 is 0. The van der Waals surface area contributed by atoms with E-state index in [-0.39, 0.29) is 5.54 Å². The lowest BCUT2D eigenvalue weighted by atomic mass is 9.84. The summed E-state index contributed by atoms with van der Waals surface area (Å²) in [7, 11) is -3.47. The van der Waals surface area contributed by atoms with Gasteiger partial charge in [0.05, 0.1) is 4.90 Å². The summed E-state index contributed by atoms with van der Waals surface area (Å²) in [5.74, 6) is 0. The summed E-state index contributed by atoms with van der Waals surface area (Å²) in [4.78, 5) is 0.315. The fourth-order valence-electron chi connectivity index (χ4n) is 2.85. The molecule has 20 heavy (non-hydrogen) atoms. The molecule has 5 heteroatoms. The SMILES string of the molecule is Cc1ccc(S(=O)(=O)NC2(C)CCCCC2)cc1CN. The van der Waals surface area contributed by atoms with Crippen molar-refractivity contribution in [2.24, 2.45) is 5.73 Å². The fraction of sp³-hybridized carbons (Fsp3) is 0.600. The second-order valence-electron chi connectivity index (χ2n) is 6.02. The van der Waals surface area contributed by atoms with Gasteiger partial charge in [-0.2, -0.15) is 0 Å². The molecule has 1 fully saturated rings. The first-order chi connectivity index (χ1) is 9.36. The van der Waals surface area contributed by atoms with Crippen LogP contribution in [0.15, 0.2) is 23.1 Å². The quantitative estimate of drug-likeness (QED) is 0.896. The number of nitrogens with one attached hydrogen (secondary N) is 1. The molecular weight excluding hydrogens is 272 g/mol. The smallest absolute Gasteiger partial charge is 0.241 e. The zero-order chi connectivity index (χ0) is 14.8. The van der Waals surface area contributed by atoms with Gasteiger partial charge < -0.3 is 5.73 Å². The van der Waals surface area contributed by atoms with Gasteiger partial charge in [0.25, 0.3) is 0 Å². The van der Waals surface area contributed by atoms with Crippen LogP contribution in [-0.2, 0) is 16.6 Å². The highest BCUT2D eigenvalue weighted by Crippen LogP contribution is 2.29. The van der Waals surface area contributed by atoms with Crippen LogP contribution < -0.4 is 10.5 Å². The summed E-state index contributed by atoms with van der Waals surface area (Å²) in [5.41, 5.74) is 7.24. The molecule has 0 heterocycles. The van der Waals surface area contributed by atoms with E-state index in [1.807, 2.05) is 19.9 Å². The summed E-state index contributed by atoms with van der Waals surface area (Å²) in [6.45, 7) is 4.29. The van der Waals surface area contributed by atoms with E-state index in [9.17, 15) is 8.42 Å². The first-order valence-corrected chi connectivity index (χ1v) is 8.68. The van der Waals surface area contributed by atoms with Crippen molar-refractivity contribution in [3.05, 3.63) is 29.3 Å². The third-order valence-electron chi connectivity index (χ3n) is 4.19. The Bertz CT molecular complexity index is 576. The van der Waals surface area contributed by atoms with Crippen LogP contribution in [0.25, 0.3) is 0 Å². The predicted molar refractivity (Wildman–Crippen MR) is 80.9 cm³/mol. The topological polar surface area (TPSA) is 72.2 Å². The molecule has 2 rings (SSSR count). The Hall–Kier alpha value is -0.910. The van der Waals surface area contributed by atoms with E-state index in [4.69, 9.17) is 5.73 Å². The molecule has 1 aliphatic carbocycles. The predicted octanol–water partition coefficient (Wildman–Crippen LogP) is 2.45.